The molecule has 0 saturated carbocycles. The molecule has 0 aliphatic carbocycles. The van der Waals surface area contributed by atoms with Gasteiger partial charge in [0.2, 0.25) is 0 Å². The first-order valence-corrected chi connectivity index (χ1v) is 21.4. The van der Waals surface area contributed by atoms with Crippen molar-refractivity contribution in [3.63, 3.8) is 0 Å². The molecular weight excluding hydrogens is 545 g/mol. The summed E-state index contributed by atoms with van der Waals surface area (Å²) in [6.07, 6.45) is 40.1. The molecule has 0 aromatic carbocycles. The van der Waals surface area contributed by atoms with Crippen LogP contribution in [0.25, 0.3) is 0 Å². The summed E-state index contributed by atoms with van der Waals surface area (Å²) in [5, 5.41) is 0.985. The van der Waals surface area contributed by atoms with E-state index >= 15 is 0 Å². The highest BCUT2D eigenvalue weighted by atomic mass is 28.4. The van der Waals surface area contributed by atoms with E-state index in [2.05, 4.69) is 34.3 Å². The van der Waals surface area contributed by atoms with Gasteiger partial charge in [-0.2, -0.15) is 0 Å². The van der Waals surface area contributed by atoms with Crippen LogP contribution in [0.4, 0.5) is 0 Å². The van der Waals surface area contributed by atoms with E-state index in [-0.39, 0.29) is 0 Å². The predicted molar refractivity (Wildman–Crippen MR) is 194 cm³/mol. The molecule has 4 heteroatoms. The highest BCUT2D eigenvalue weighted by molar-refractivity contribution is 6.68. The van der Waals surface area contributed by atoms with Crippen LogP contribution in [-0.4, -0.2) is 28.6 Å². The molecule has 0 heterocycles. The second-order valence-electron chi connectivity index (χ2n) is 13.4. The molecule has 0 fully saturated rings. The Hall–Kier alpha value is -0.163. The van der Waals surface area contributed by atoms with E-state index in [0.717, 1.165) is 44.3 Å². The third-order valence-corrected chi connectivity index (χ3v) is 11.7. The van der Waals surface area contributed by atoms with Crippen LogP contribution in [0.5, 0.6) is 0 Å². The molecule has 0 radical (unpaired) electrons. The zero-order valence-electron chi connectivity index (χ0n) is 30.3. The van der Waals surface area contributed by atoms with E-state index in [1.54, 1.807) is 0 Å². The summed E-state index contributed by atoms with van der Waals surface area (Å²) in [4.78, 5) is 0. The molecule has 0 aromatic rings. The molecule has 0 spiro atoms. The number of hydrogen-bond donors (Lipinski definition) is 0. The van der Waals surface area contributed by atoms with Crippen LogP contribution in [0.2, 0.25) is 0 Å². The van der Waals surface area contributed by atoms with Gasteiger partial charge in [-0.1, -0.05) is 201 Å². The van der Waals surface area contributed by atoms with Crippen molar-refractivity contribution in [2.24, 2.45) is 0 Å². The molecule has 0 aliphatic heterocycles. The van der Waals surface area contributed by atoms with Gasteiger partial charge in [-0.3, -0.25) is 0 Å². The SMILES string of the molecule is C=C(C)[Si](OCCCCCCCCCCCC)(OCCCCCCCCCCCC)OCCCCCCCCCCCC. The van der Waals surface area contributed by atoms with Gasteiger partial charge in [-0.25, -0.2) is 0 Å². The van der Waals surface area contributed by atoms with Crippen LogP contribution in [0.3, 0.4) is 0 Å². The molecule has 0 unspecified atom stereocenters. The summed E-state index contributed by atoms with van der Waals surface area (Å²) in [5.41, 5.74) is 0. The number of rotatable bonds is 37. The lowest BCUT2D eigenvalue weighted by atomic mass is 10.1. The number of hydrogen-bond acceptors (Lipinski definition) is 3. The van der Waals surface area contributed by atoms with Gasteiger partial charge in [0.15, 0.2) is 0 Å². The fraction of sp³-hybridized carbons (Fsp3) is 0.949. The van der Waals surface area contributed by atoms with Gasteiger partial charge in [0.25, 0.3) is 0 Å². The Morgan fingerprint density at radius 1 is 0.349 bits per heavy atom. The topological polar surface area (TPSA) is 27.7 Å². The lowest BCUT2D eigenvalue weighted by Gasteiger charge is -2.30. The van der Waals surface area contributed by atoms with Crippen molar-refractivity contribution in [3.05, 3.63) is 11.8 Å². The van der Waals surface area contributed by atoms with Crippen LogP contribution >= 0.6 is 0 Å². The summed E-state index contributed by atoms with van der Waals surface area (Å²) in [6, 6.07) is 0. The van der Waals surface area contributed by atoms with E-state index in [4.69, 9.17) is 13.3 Å². The fourth-order valence-electron chi connectivity index (χ4n) is 5.88. The van der Waals surface area contributed by atoms with Gasteiger partial charge >= 0.3 is 8.80 Å². The fourth-order valence-corrected chi connectivity index (χ4v) is 8.11. The van der Waals surface area contributed by atoms with Gasteiger partial charge in [-0.05, 0) is 31.4 Å². The number of unbranched alkanes of at least 4 members (excludes halogenated alkanes) is 27. The Bertz CT molecular complexity index is 488. The van der Waals surface area contributed by atoms with Crippen LogP contribution in [0.15, 0.2) is 11.8 Å². The minimum Gasteiger partial charge on any atom is -0.370 e. The summed E-state index contributed by atoms with van der Waals surface area (Å²) >= 11 is 0. The van der Waals surface area contributed by atoms with Crippen molar-refractivity contribution in [2.75, 3.05) is 19.8 Å². The van der Waals surface area contributed by atoms with E-state index < -0.39 is 8.80 Å². The van der Waals surface area contributed by atoms with Gasteiger partial charge in [0, 0.05) is 19.8 Å². The Balaban J connectivity index is 4.38. The van der Waals surface area contributed by atoms with Crippen LogP contribution < -0.4 is 0 Å². The molecule has 258 valence electrons. The van der Waals surface area contributed by atoms with E-state index in [1.165, 1.54) is 173 Å². The third-order valence-electron chi connectivity index (χ3n) is 8.89. The molecule has 0 N–H and O–H groups in total. The van der Waals surface area contributed by atoms with Crippen molar-refractivity contribution >= 4 is 8.80 Å². The second-order valence-corrected chi connectivity index (χ2v) is 16.3. The standard InChI is InChI=1S/C39H80O3Si/c1-6-9-12-15-18-21-24-27-30-33-36-40-43(39(4)5,41-37-34-31-28-25-22-19-16-13-10-7-2)42-38-35-32-29-26-23-20-17-14-11-8-3/h4,6-38H2,1-3,5H3. The van der Waals surface area contributed by atoms with Crippen molar-refractivity contribution in [1.29, 1.82) is 0 Å². The average molecular weight is 625 g/mol. The predicted octanol–water partition coefficient (Wildman–Crippen LogP) is 13.9. The molecule has 0 rings (SSSR count). The van der Waals surface area contributed by atoms with E-state index in [0.29, 0.717) is 0 Å². The first-order chi connectivity index (χ1) is 21.1. The van der Waals surface area contributed by atoms with Crippen molar-refractivity contribution < 1.29 is 13.3 Å². The molecule has 0 bridgehead atoms. The molecule has 43 heavy (non-hydrogen) atoms. The third kappa shape index (κ3) is 29.0. The minimum absolute atomic E-state index is 0.742. The van der Waals surface area contributed by atoms with E-state index in [9.17, 15) is 0 Å². The van der Waals surface area contributed by atoms with Crippen molar-refractivity contribution in [1.82, 2.24) is 0 Å². The highest BCUT2D eigenvalue weighted by Gasteiger charge is 2.42. The van der Waals surface area contributed by atoms with Gasteiger partial charge in [0.05, 0.1) is 0 Å². The monoisotopic (exact) mass is 625 g/mol. The Morgan fingerprint density at radius 3 is 0.721 bits per heavy atom. The average Bonchev–Trinajstić information content (AvgIpc) is 3.00. The lowest BCUT2D eigenvalue weighted by Crippen LogP contribution is -2.48. The summed E-state index contributed by atoms with van der Waals surface area (Å²) < 4.78 is 19.6. The van der Waals surface area contributed by atoms with E-state index in [1.807, 2.05) is 0 Å². The van der Waals surface area contributed by atoms with Crippen molar-refractivity contribution in [2.45, 2.75) is 220 Å². The quantitative estimate of drug-likeness (QED) is 0.0508. The molecular formula is C39H80O3Si. The Labute approximate surface area is 273 Å². The smallest absolute Gasteiger partial charge is 0.370 e. The van der Waals surface area contributed by atoms with Gasteiger partial charge < -0.3 is 13.3 Å². The molecule has 3 nitrogen and oxygen atoms in total. The summed E-state index contributed by atoms with van der Waals surface area (Å²) in [5.74, 6) is 0. The minimum atomic E-state index is -2.85. The first-order valence-electron chi connectivity index (χ1n) is 19.7. The normalized spacial score (nSPS) is 11.9. The zero-order valence-corrected chi connectivity index (χ0v) is 31.3. The largest absolute Gasteiger partial charge is 0.532 e. The second kappa shape index (κ2) is 34.7. The molecule has 0 aromatic heterocycles. The van der Waals surface area contributed by atoms with Gasteiger partial charge in [0.1, 0.15) is 0 Å². The number of allylic oxidation sites excluding steroid dienone is 1. The first kappa shape index (κ1) is 42.8. The maximum atomic E-state index is 6.54. The molecule has 0 atom stereocenters. The lowest BCUT2D eigenvalue weighted by molar-refractivity contribution is 0.0641. The van der Waals surface area contributed by atoms with Crippen LogP contribution in [0.1, 0.15) is 220 Å². The molecule has 0 saturated heterocycles. The zero-order chi connectivity index (χ0) is 31.5. The Kier molecular flexibility index (Phi) is 34.6. The van der Waals surface area contributed by atoms with Crippen LogP contribution in [0, 0.1) is 0 Å². The van der Waals surface area contributed by atoms with Crippen LogP contribution in [-0.2, 0) is 13.3 Å². The summed E-state index contributed by atoms with van der Waals surface area (Å²) in [6.45, 7) is 15.5. The highest BCUT2D eigenvalue weighted by Crippen LogP contribution is 2.22. The van der Waals surface area contributed by atoms with Gasteiger partial charge in [-0.15, -0.1) is 0 Å². The molecule has 0 aliphatic rings. The van der Waals surface area contributed by atoms with Crippen molar-refractivity contribution in [3.8, 4) is 0 Å². The Morgan fingerprint density at radius 2 is 0.535 bits per heavy atom. The maximum absolute atomic E-state index is 6.54. The maximum Gasteiger partial charge on any atom is 0.532 e. The molecule has 0 amide bonds. The summed E-state index contributed by atoms with van der Waals surface area (Å²) in [7, 11) is -2.85.